The van der Waals surface area contributed by atoms with E-state index >= 15 is 0 Å². The van der Waals surface area contributed by atoms with Crippen molar-refractivity contribution < 1.29 is 14.4 Å². The van der Waals surface area contributed by atoms with E-state index < -0.39 is 6.04 Å². The number of rotatable bonds is 9. The molecule has 0 aliphatic rings. The van der Waals surface area contributed by atoms with Gasteiger partial charge in [0.15, 0.2) is 0 Å². The summed E-state index contributed by atoms with van der Waals surface area (Å²) in [6.07, 6.45) is 3.14. The van der Waals surface area contributed by atoms with Crippen LogP contribution in [-0.2, 0) is 18.3 Å². The first-order valence-electron chi connectivity index (χ1n) is 11.1. The standard InChI is InChI=1S/C25H27Cl2N5O3/c1-4-6-23-19(13-29-32(23)3)25(35)31-22(16-7-5-8-18(26)11-16)14-28-24(34)17-9-10-21(20(27)12-17)30-15(2)33/h5,7-13,22H,4,6,14H2,1-3H3,(H,28,34)(H,30,33)(H,31,35). The normalized spacial score (nSPS) is 11.6. The molecule has 0 saturated heterocycles. The van der Waals surface area contributed by atoms with Crippen LogP contribution in [-0.4, -0.2) is 34.0 Å². The van der Waals surface area contributed by atoms with E-state index in [0.29, 0.717) is 28.3 Å². The molecule has 0 fully saturated rings. The molecule has 1 atom stereocenters. The van der Waals surface area contributed by atoms with Gasteiger partial charge in [0.05, 0.1) is 34.2 Å². The monoisotopic (exact) mass is 515 g/mol. The first-order valence-corrected chi connectivity index (χ1v) is 11.9. The molecule has 1 heterocycles. The van der Waals surface area contributed by atoms with Crippen LogP contribution in [0.25, 0.3) is 0 Å². The summed E-state index contributed by atoms with van der Waals surface area (Å²) in [6, 6.07) is 11.1. The van der Waals surface area contributed by atoms with Crippen LogP contribution in [0.3, 0.4) is 0 Å². The predicted octanol–water partition coefficient (Wildman–Crippen LogP) is 4.54. The van der Waals surface area contributed by atoms with Gasteiger partial charge in [-0.05, 0) is 42.3 Å². The fraction of sp³-hybridized carbons (Fsp3) is 0.280. The zero-order chi connectivity index (χ0) is 25.5. The minimum atomic E-state index is -0.547. The Morgan fingerprint density at radius 3 is 2.51 bits per heavy atom. The number of carbonyl (C=O) groups excluding carboxylic acids is 3. The first kappa shape index (κ1) is 26.2. The number of benzene rings is 2. The molecule has 35 heavy (non-hydrogen) atoms. The third kappa shape index (κ3) is 6.83. The van der Waals surface area contributed by atoms with Crippen LogP contribution in [0.5, 0.6) is 0 Å². The molecular formula is C25H27Cl2N5O3. The van der Waals surface area contributed by atoms with Crippen molar-refractivity contribution in [2.45, 2.75) is 32.7 Å². The Morgan fingerprint density at radius 1 is 1.09 bits per heavy atom. The fourth-order valence-corrected chi connectivity index (χ4v) is 4.07. The molecule has 3 aromatic rings. The number of carbonyl (C=O) groups is 3. The van der Waals surface area contributed by atoms with E-state index in [1.165, 1.54) is 13.0 Å². The number of anilines is 1. The van der Waals surface area contributed by atoms with E-state index in [-0.39, 0.29) is 29.3 Å². The lowest BCUT2D eigenvalue weighted by Crippen LogP contribution is -2.38. The maximum absolute atomic E-state index is 13.1. The topological polar surface area (TPSA) is 105 Å². The van der Waals surface area contributed by atoms with Gasteiger partial charge >= 0.3 is 0 Å². The Hall–Kier alpha value is -3.36. The van der Waals surface area contributed by atoms with Gasteiger partial charge in [0.25, 0.3) is 11.8 Å². The Bertz CT molecular complexity index is 1240. The van der Waals surface area contributed by atoms with Crippen LogP contribution in [0.1, 0.15) is 58.3 Å². The van der Waals surface area contributed by atoms with Crippen LogP contribution < -0.4 is 16.0 Å². The van der Waals surface area contributed by atoms with Crippen molar-refractivity contribution >= 4 is 46.6 Å². The van der Waals surface area contributed by atoms with E-state index in [1.54, 1.807) is 48.3 Å². The molecule has 3 rings (SSSR count). The number of hydrogen-bond acceptors (Lipinski definition) is 4. The minimum absolute atomic E-state index is 0.110. The molecule has 0 aliphatic heterocycles. The third-order valence-corrected chi connectivity index (χ3v) is 5.91. The number of aryl methyl sites for hydroxylation is 1. The Labute approximate surface area is 214 Å². The average Bonchev–Trinajstić information content (AvgIpc) is 3.18. The molecule has 2 aromatic carbocycles. The zero-order valence-corrected chi connectivity index (χ0v) is 21.2. The molecule has 0 aliphatic carbocycles. The summed E-state index contributed by atoms with van der Waals surface area (Å²) in [5.74, 6) is -0.931. The quantitative estimate of drug-likeness (QED) is 0.389. The van der Waals surface area contributed by atoms with Gasteiger partial charge in [-0.1, -0.05) is 48.7 Å². The minimum Gasteiger partial charge on any atom is -0.350 e. The highest BCUT2D eigenvalue weighted by Crippen LogP contribution is 2.23. The van der Waals surface area contributed by atoms with E-state index in [0.717, 1.165) is 17.7 Å². The highest BCUT2D eigenvalue weighted by Gasteiger charge is 2.21. The zero-order valence-electron chi connectivity index (χ0n) is 19.7. The van der Waals surface area contributed by atoms with Crippen LogP contribution in [0.15, 0.2) is 48.7 Å². The van der Waals surface area contributed by atoms with Gasteiger partial charge in [-0.3, -0.25) is 19.1 Å². The summed E-state index contributed by atoms with van der Waals surface area (Å²) in [5.41, 5.74) is 2.81. The van der Waals surface area contributed by atoms with Gasteiger partial charge in [-0.2, -0.15) is 5.10 Å². The molecule has 3 amide bonds. The summed E-state index contributed by atoms with van der Waals surface area (Å²) in [5, 5.41) is 13.4. The smallest absolute Gasteiger partial charge is 0.255 e. The van der Waals surface area contributed by atoms with Crippen molar-refractivity contribution in [3.8, 4) is 0 Å². The molecular weight excluding hydrogens is 489 g/mol. The summed E-state index contributed by atoms with van der Waals surface area (Å²) in [7, 11) is 1.80. The van der Waals surface area contributed by atoms with Crippen LogP contribution in [0, 0.1) is 0 Å². The lowest BCUT2D eigenvalue weighted by Gasteiger charge is -2.20. The summed E-state index contributed by atoms with van der Waals surface area (Å²) in [4.78, 5) is 37.2. The molecule has 1 unspecified atom stereocenters. The molecule has 0 spiro atoms. The maximum Gasteiger partial charge on any atom is 0.255 e. The number of nitrogens with one attached hydrogen (secondary N) is 3. The number of hydrogen-bond donors (Lipinski definition) is 3. The van der Waals surface area contributed by atoms with Crippen molar-refractivity contribution in [3.05, 3.63) is 81.1 Å². The largest absolute Gasteiger partial charge is 0.350 e. The highest BCUT2D eigenvalue weighted by molar-refractivity contribution is 6.34. The van der Waals surface area contributed by atoms with Gasteiger partial charge in [-0.15, -0.1) is 0 Å². The molecule has 184 valence electrons. The van der Waals surface area contributed by atoms with E-state index in [2.05, 4.69) is 21.0 Å². The van der Waals surface area contributed by atoms with Gasteiger partial charge in [0.1, 0.15) is 0 Å². The second kappa shape index (κ2) is 11.9. The van der Waals surface area contributed by atoms with Crippen molar-refractivity contribution in [3.63, 3.8) is 0 Å². The van der Waals surface area contributed by atoms with Crippen molar-refractivity contribution in [1.82, 2.24) is 20.4 Å². The molecule has 1 aromatic heterocycles. The molecule has 0 bridgehead atoms. The van der Waals surface area contributed by atoms with Crippen molar-refractivity contribution in [1.29, 1.82) is 0 Å². The summed E-state index contributed by atoms with van der Waals surface area (Å²) >= 11 is 12.4. The van der Waals surface area contributed by atoms with E-state index in [4.69, 9.17) is 23.2 Å². The van der Waals surface area contributed by atoms with Crippen LogP contribution in [0.2, 0.25) is 10.0 Å². The Kier molecular flexibility index (Phi) is 8.89. The summed E-state index contributed by atoms with van der Waals surface area (Å²) in [6.45, 7) is 3.52. The molecule has 8 nitrogen and oxygen atoms in total. The predicted molar refractivity (Wildman–Crippen MR) is 137 cm³/mol. The molecule has 3 N–H and O–H groups in total. The fourth-order valence-electron chi connectivity index (χ4n) is 3.64. The maximum atomic E-state index is 13.1. The second-order valence-electron chi connectivity index (χ2n) is 8.05. The SMILES string of the molecule is CCCc1c(C(=O)NC(CNC(=O)c2ccc(NC(C)=O)c(Cl)c2)c2cccc(Cl)c2)cnn1C. The average molecular weight is 516 g/mol. The van der Waals surface area contributed by atoms with Gasteiger partial charge in [-0.25, -0.2) is 0 Å². The Balaban J connectivity index is 1.78. The Morgan fingerprint density at radius 2 is 1.86 bits per heavy atom. The van der Waals surface area contributed by atoms with E-state index in [1.807, 2.05) is 13.0 Å². The van der Waals surface area contributed by atoms with Crippen LogP contribution >= 0.6 is 23.2 Å². The van der Waals surface area contributed by atoms with E-state index in [9.17, 15) is 14.4 Å². The van der Waals surface area contributed by atoms with Gasteiger partial charge in [0, 0.05) is 31.1 Å². The van der Waals surface area contributed by atoms with Gasteiger partial charge in [0.2, 0.25) is 5.91 Å². The molecule has 0 radical (unpaired) electrons. The highest BCUT2D eigenvalue weighted by atomic mass is 35.5. The van der Waals surface area contributed by atoms with Crippen molar-refractivity contribution in [2.24, 2.45) is 7.05 Å². The van der Waals surface area contributed by atoms with Crippen molar-refractivity contribution in [2.75, 3.05) is 11.9 Å². The second-order valence-corrected chi connectivity index (χ2v) is 8.89. The number of halogens is 2. The summed E-state index contributed by atoms with van der Waals surface area (Å²) < 4.78 is 1.70. The van der Waals surface area contributed by atoms with Crippen LogP contribution in [0.4, 0.5) is 5.69 Å². The molecule has 10 heteroatoms. The van der Waals surface area contributed by atoms with Gasteiger partial charge < -0.3 is 16.0 Å². The molecule has 0 saturated carbocycles. The number of amides is 3. The number of nitrogens with zero attached hydrogens (tertiary/aromatic N) is 2. The third-order valence-electron chi connectivity index (χ3n) is 5.36. The lowest BCUT2D eigenvalue weighted by atomic mass is 10.1. The first-order chi connectivity index (χ1) is 16.7. The number of aromatic nitrogens is 2. The lowest BCUT2D eigenvalue weighted by molar-refractivity contribution is -0.114.